The summed E-state index contributed by atoms with van der Waals surface area (Å²) >= 11 is 0. The van der Waals surface area contributed by atoms with Gasteiger partial charge in [-0.3, -0.25) is 4.79 Å². The van der Waals surface area contributed by atoms with Gasteiger partial charge in [0, 0.05) is 12.2 Å². The molecule has 0 saturated heterocycles. The highest BCUT2D eigenvalue weighted by Crippen LogP contribution is 1.97. The summed E-state index contributed by atoms with van der Waals surface area (Å²) < 4.78 is 22.2. The van der Waals surface area contributed by atoms with Gasteiger partial charge in [0.05, 0.1) is 12.3 Å². The molecule has 0 saturated carbocycles. The molecule has 0 aliphatic heterocycles. The lowest BCUT2D eigenvalue weighted by Crippen LogP contribution is -2.24. The predicted molar refractivity (Wildman–Crippen MR) is 61.7 cm³/mol. The van der Waals surface area contributed by atoms with Gasteiger partial charge < -0.3 is 5.32 Å². The molecule has 90 valence electrons. The topological polar surface area (TPSA) is 63.2 Å². The van der Waals surface area contributed by atoms with Gasteiger partial charge in [0.1, 0.15) is 15.6 Å². The summed E-state index contributed by atoms with van der Waals surface area (Å²) in [5.41, 5.74) is 0. The number of Topliss-reactive ketones (excluding diaryl/α,β-unsaturated/α-hetero) is 1. The van der Waals surface area contributed by atoms with Crippen LogP contribution in [0, 0.1) is 0 Å². The molecule has 0 aromatic heterocycles. The van der Waals surface area contributed by atoms with E-state index < -0.39 is 9.84 Å². The summed E-state index contributed by atoms with van der Waals surface area (Å²) in [5, 5.41) is 3.00. The van der Waals surface area contributed by atoms with Crippen molar-refractivity contribution in [3.63, 3.8) is 0 Å². The number of hydrogen-bond acceptors (Lipinski definition) is 4. The molecular formula is C10H21NO3S. The van der Waals surface area contributed by atoms with E-state index >= 15 is 0 Å². The van der Waals surface area contributed by atoms with E-state index in [4.69, 9.17) is 0 Å². The largest absolute Gasteiger partial charge is 0.310 e. The molecule has 15 heavy (non-hydrogen) atoms. The minimum Gasteiger partial charge on any atom is -0.310 e. The van der Waals surface area contributed by atoms with Gasteiger partial charge in [-0.15, -0.1) is 0 Å². The Balaban J connectivity index is 3.55. The Morgan fingerprint density at radius 3 is 2.47 bits per heavy atom. The summed E-state index contributed by atoms with van der Waals surface area (Å²) in [6.45, 7) is 4.85. The molecule has 0 rings (SSSR count). The summed E-state index contributed by atoms with van der Waals surface area (Å²) in [5.74, 6) is 0.382. The molecule has 0 aliphatic rings. The van der Waals surface area contributed by atoms with Gasteiger partial charge in [-0.05, 0) is 19.4 Å². The number of hydrogen-bond donors (Lipinski definition) is 1. The van der Waals surface area contributed by atoms with Crippen molar-refractivity contribution in [1.29, 1.82) is 0 Å². The van der Waals surface area contributed by atoms with E-state index in [1.165, 1.54) is 0 Å². The Labute approximate surface area is 92.4 Å². The highest BCUT2D eigenvalue weighted by molar-refractivity contribution is 7.91. The third kappa shape index (κ3) is 8.57. The Hall–Kier alpha value is -0.420. The van der Waals surface area contributed by atoms with E-state index in [9.17, 15) is 13.2 Å². The molecule has 0 aliphatic carbocycles. The van der Waals surface area contributed by atoms with Crippen molar-refractivity contribution in [3.05, 3.63) is 0 Å². The first-order chi connectivity index (χ1) is 7.02. The molecule has 0 aromatic rings. The number of carbonyl (C=O) groups is 1. The van der Waals surface area contributed by atoms with Crippen molar-refractivity contribution >= 4 is 15.6 Å². The van der Waals surface area contributed by atoms with Gasteiger partial charge >= 0.3 is 0 Å². The molecule has 0 atom stereocenters. The van der Waals surface area contributed by atoms with Crippen LogP contribution in [-0.2, 0) is 14.6 Å². The van der Waals surface area contributed by atoms with Gasteiger partial charge in [0.15, 0.2) is 0 Å². The van der Waals surface area contributed by atoms with Crippen LogP contribution in [0.25, 0.3) is 0 Å². The van der Waals surface area contributed by atoms with E-state index in [0.29, 0.717) is 19.4 Å². The maximum absolute atomic E-state index is 11.2. The lowest BCUT2D eigenvalue weighted by atomic mass is 10.2. The maximum Gasteiger partial charge on any atom is 0.150 e. The second-order valence-corrected chi connectivity index (χ2v) is 6.03. The van der Waals surface area contributed by atoms with Crippen LogP contribution in [0.15, 0.2) is 0 Å². The first-order valence-corrected chi connectivity index (χ1v) is 7.26. The Kier molecular flexibility index (Phi) is 7.60. The molecule has 0 bridgehead atoms. The van der Waals surface area contributed by atoms with Crippen LogP contribution >= 0.6 is 0 Å². The maximum atomic E-state index is 11.2. The quantitative estimate of drug-likeness (QED) is 0.600. The fourth-order valence-corrected chi connectivity index (χ4v) is 2.00. The Bertz CT molecular complexity index is 272. The molecule has 0 radical (unpaired) electrons. The first kappa shape index (κ1) is 14.6. The monoisotopic (exact) mass is 235 g/mol. The lowest BCUT2D eigenvalue weighted by molar-refractivity contribution is -0.118. The van der Waals surface area contributed by atoms with Gasteiger partial charge in [-0.25, -0.2) is 8.42 Å². The second-order valence-electron chi connectivity index (χ2n) is 3.56. The van der Waals surface area contributed by atoms with E-state index in [0.717, 1.165) is 13.0 Å². The van der Waals surface area contributed by atoms with E-state index in [1.807, 2.05) is 6.92 Å². The smallest absolute Gasteiger partial charge is 0.150 e. The van der Waals surface area contributed by atoms with Gasteiger partial charge in [0.2, 0.25) is 0 Å². The van der Waals surface area contributed by atoms with Crippen LogP contribution in [0.5, 0.6) is 0 Å². The second kappa shape index (κ2) is 7.82. The van der Waals surface area contributed by atoms with Gasteiger partial charge in [0.25, 0.3) is 0 Å². The van der Waals surface area contributed by atoms with Crippen molar-refractivity contribution in [2.24, 2.45) is 0 Å². The highest BCUT2D eigenvalue weighted by Gasteiger charge is 2.08. The Morgan fingerprint density at radius 2 is 1.93 bits per heavy atom. The van der Waals surface area contributed by atoms with E-state index in [-0.39, 0.29) is 17.3 Å². The van der Waals surface area contributed by atoms with Crippen molar-refractivity contribution in [2.45, 2.75) is 33.1 Å². The average molecular weight is 235 g/mol. The third-order valence-corrected chi connectivity index (χ3v) is 3.89. The summed E-state index contributed by atoms with van der Waals surface area (Å²) in [7, 11) is -2.91. The zero-order valence-electron chi connectivity index (χ0n) is 9.58. The number of nitrogens with one attached hydrogen (secondary N) is 1. The molecule has 0 spiro atoms. The summed E-state index contributed by atoms with van der Waals surface area (Å²) in [4.78, 5) is 11.2. The fourth-order valence-electron chi connectivity index (χ4n) is 1.13. The summed E-state index contributed by atoms with van der Waals surface area (Å²) in [6.07, 6.45) is 1.80. The average Bonchev–Trinajstić information content (AvgIpc) is 2.18. The van der Waals surface area contributed by atoms with Crippen LogP contribution in [0.1, 0.15) is 33.1 Å². The standard InChI is InChI=1S/C10H21NO3S/c1-3-7-11-9-10(12)6-5-8-15(13,14)4-2/h11H,3-9H2,1-2H3. The highest BCUT2D eigenvalue weighted by atomic mass is 32.2. The fraction of sp³-hybridized carbons (Fsp3) is 0.900. The number of rotatable bonds is 9. The van der Waals surface area contributed by atoms with Gasteiger partial charge in [-0.1, -0.05) is 13.8 Å². The van der Waals surface area contributed by atoms with Crippen LogP contribution in [0.3, 0.4) is 0 Å². The molecule has 0 aromatic carbocycles. The minimum absolute atomic E-state index is 0.0924. The van der Waals surface area contributed by atoms with Crippen LogP contribution in [-0.4, -0.2) is 38.8 Å². The summed E-state index contributed by atoms with van der Waals surface area (Å²) in [6, 6.07) is 0. The van der Waals surface area contributed by atoms with E-state index in [2.05, 4.69) is 5.32 Å². The normalized spacial score (nSPS) is 11.6. The van der Waals surface area contributed by atoms with E-state index in [1.54, 1.807) is 6.92 Å². The molecule has 0 unspecified atom stereocenters. The van der Waals surface area contributed by atoms with Crippen LogP contribution in [0.4, 0.5) is 0 Å². The predicted octanol–water partition coefficient (Wildman–Crippen LogP) is 0.770. The number of ketones is 1. The molecule has 0 heterocycles. The SMILES string of the molecule is CCCNCC(=O)CCCS(=O)(=O)CC. The Morgan fingerprint density at radius 1 is 1.27 bits per heavy atom. The van der Waals surface area contributed by atoms with Gasteiger partial charge in [-0.2, -0.15) is 0 Å². The zero-order chi connectivity index (χ0) is 11.7. The molecule has 4 nitrogen and oxygen atoms in total. The lowest BCUT2D eigenvalue weighted by Gasteiger charge is -2.02. The third-order valence-electron chi connectivity index (χ3n) is 2.10. The molecular weight excluding hydrogens is 214 g/mol. The van der Waals surface area contributed by atoms with Crippen molar-refractivity contribution in [3.8, 4) is 0 Å². The minimum atomic E-state index is -2.91. The van der Waals surface area contributed by atoms with Crippen LogP contribution in [0.2, 0.25) is 0 Å². The van der Waals surface area contributed by atoms with Crippen LogP contribution < -0.4 is 5.32 Å². The molecule has 0 fully saturated rings. The number of carbonyl (C=O) groups excluding carboxylic acids is 1. The number of sulfone groups is 1. The first-order valence-electron chi connectivity index (χ1n) is 5.44. The molecule has 5 heteroatoms. The van der Waals surface area contributed by atoms with Crippen molar-refractivity contribution < 1.29 is 13.2 Å². The van der Waals surface area contributed by atoms with Crippen molar-refractivity contribution in [2.75, 3.05) is 24.6 Å². The zero-order valence-corrected chi connectivity index (χ0v) is 10.4. The molecule has 0 amide bonds. The molecule has 1 N–H and O–H groups in total. The van der Waals surface area contributed by atoms with Crippen molar-refractivity contribution in [1.82, 2.24) is 5.32 Å².